The van der Waals surface area contributed by atoms with Crippen LogP contribution in [-0.2, 0) is 0 Å². The molecule has 0 unspecified atom stereocenters. The van der Waals surface area contributed by atoms with Crippen LogP contribution in [0.4, 0.5) is 5.69 Å². The normalized spacial score (nSPS) is 11.6. The number of para-hydroxylation sites is 3. The fraction of sp³-hybridized carbons (Fsp3) is 0.0625. The van der Waals surface area contributed by atoms with Crippen LogP contribution in [0.3, 0.4) is 0 Å². The molecule has 21 heavy (non-hydrogen) atoms. The molecule has 0 fully saturated rings. The summed E-state index contributed by atoms with van der Waals surface area (Å²) in [5.74, 6) is 0. The van der Waals surface area contributed by atoms with Gasteiger partial charge in [-0.3, -0.25) is 10.4 Å². The van der Waals surface area contributed by atoms with Crippen molar-refractivity contribution in [3.05, 3.63) is 65.4 Å². The minimum atomic E-state index is 0.624. The van der Waals surface area contributed by atoms with Crippen LogP contribution >= 0.6 is 11.6 Å². The van der Waals surface area contributed by atoms with Gasteiger partial charge < -0.3 is 0 Å². The minimum Gasteiger partial charge on any atom is -0.277 e. The largest absolute Gasteiger partial charge is 0.277 e. The highest BCUT2D eigenvalue weighted by atomic mass is 35.5. The number of benzene rings is 2. The Bertz CT molecular complexity index is 814. The summed E-state index contributed by atoms with van der Waals surface area (Å²) in [4.78, 5) is 8.92. The van der Waals surface area contributed by atoms with Crippen LogP contribution in [0.5, 0.6) is 0 Å². The molecule has 0 aliphatic carbocycles. The van der Waals surface area contributed by atoms with Gasteiger partial charge in [0.1, 0.15) is 5.69 Å². The van der Waals surface area contributed by atoms with E-state index in [4.69, 9.17) is 11.6 Å². The fourth-order valence-electron chi connectivity index (χ4n) is 1.88. The van der Waals surface area contributed by atoms with Crippen LogP contribution in [0.15, 0.2) is 59.8 Å². The zero-order chi connectivity index (χ0) is 14.7. The van der Waals surface area contributed by atoms with Crippen LogP contribution in [0.1, 0.15) is 12.6 Å². The fourth-order valence-corrected chi connectivity index (χ4v) is 2.06. The molecule has 1 heterocycles. The average molecular weight is 297 g/mol. The van der Waals surface area contributed by atoms with E-state index in [1.165, 1.54) is 0 Å². The van der Waals surface area contributed by atoms with Crippen molar-refractivity contribution in [2.45, 2.75) is 6.92 Å². The molecule has 0 spiro atoms. The lowest BCUT2D eigenvalue weighted by molar-refractivity contribution is 1.23. The van der Waals surface area contributed by atoms with Gasteiger partial charge in [-0.1, -0.05) is 35.9 Å². The molecule has 5 heteroatoms. The van der Waals surface area contributed by atoms with Gasteiger partial charge in [0.2, 0.25) is 0 Å². The quantitative estimate of drug-likeness (QED) is 0.584. The topological polar surface area (TPSA) is 50.2 Å². The maximum atomic E-state index is 6.07. The van der Waals surface area contributed by atoms with Gasteiger partial charge in [0, 0.05) is 0 Å². The van der Waals surface area contributed by atoms with E-state index in [1.807, 2.05) is 55.5 Å². The van der Waals surface area contributed by atoms with E-state index in [0.29, 0.717) is 5.02 Å². The summed E-state index contributed by atoms with van der Waals surface area (Å²) in [5.41, 5.74) is 6.90. The summed E-state index contributed by atoms with van der Waals surface area (Å²) in [6.07, 6.45) is 1.72. The molecule has 0 saturated carbocycles. The molecule has 0 radical (unpaired) electrons. The number of anilines is 1. The highest BCUT2D eigenvalue weighted by molar-refractivity contribution is 6.33. The number of hydrazone groups is 1. The number of nitrogens with zero attached hydrogens (tertiary/aromatic N) is 3. The third-order valence-corrected chi connectivity index (χ3v) is 3.37. The van der Waals surface area contributed by atoms with Crippen LogP contribution in [0, 0.1) is 0 Å². The molecule has 3 rings (SSSR count). The third kappa shape index (κ3) is 3.01. The second-order valence-electron chi connectivity index (χ2n) is 4.53. The molecule has 0 aliphatic heterocycles. The number of fused-ring (bicyclic) bond motifs is 1. The molecule has 0 aliphatic rings. The highest BCUT2D eigenvalue weighted by Gasteiger charge is 2.03. The molecule has 3 aromatic rings. The third-order valence-electron chi connectivity index (χ3n) is 3.04. The monoisotopic (exact) mass is 296 g/mol. The van der Waals surface area contributed by atoms with Gasteiger partial charge in [0.15, 0.2) is 0 Å². The standard InChI is InChI=1S/C16H13ClN4/c1-11(20-21-13-7-3-2-6-12(13)17)16-10-18-14-8-4-5-9-15(14)19-16/h2-10,21H,1H3/b20-11+. The first kappa shape index (κ1) is 13.5. The van der Waals surface area contributed by atoms with E-state index in [-0.39, 0.29) is 0 Å². The Morgan fingerprint density at radius 3 is 2.57 bits per heavy atom. The van der Waals surface area contributed by atoms with Crippen molar-refractivity contribution >= 4 is 34.0 Å². The predicted molar refractivity (Wildman–Crippen MR) is 86.8 cm³/mol. The minimum absolute atomic E-state index is 0.624. The van der Waals surface area contributed by atoms with E-state index in [9.17, 15) is 0 Å². The number of hydrogen-bond donors (Lipinski definition) is 1. The molecule has 0 saturated heterocycles. The number of nitrogens with one attached hydrogen (secondary N) is 1. The lowest BCUT2D eigenvalue weighted by atomic mass is 10.2. The first-order valence-electron chi connectivity index (χ1n) is 6.51. The van der Waals surface area contributed by atoms with Crippen molar-refractivity contribution < 1.29 is 0 Å². The summed E-state index contributed by atoms with van der Waals surface area (Å²) < 4.78 is 0. The number of halogens is 1. The number of hydrogen-bond acceptors (Lipinski definition) is 4. The zero-order valence-corrected chi connectivity index (χ0v) is 12.2. The first-order chi connectivity index (χ1) is 10.2. The molecular weight excluding hydrogens is 284 g/mol. The van der Waals surface area contributed by atoms with Gasteiger partial charge in [-0.2, -0.15) is 5.10 Å². The highest BCUT2D eigenvalue weighted by Crippen LogP contribution is 2.20. The van der Waals surface area contributed by atoms with Crippen LogP contribution < -0.4 is 5.43 Å². The maximum Gasteiger partial charge on any atom is 0.105 e. The molecule has 4 nitrogen and oxygen atoms in total. The SMILES string of the molecule is C/C(=N\Nc1ccccc1Cl)c1cnc2ccccc2n1. The van der Waals surface area contributed by atoms with Crippen molar-refractivity contribution in [3.8, 4) is 0 Å². The lowest BCUT2D eigenvalue weighted by Crippen LogP contribution is -2.03. The molecule has 0 amide bonds. The van der Waals surface area contributed by atoms with Crippen molar-refractivity contribution in [3.63, 3.8) is 0 Å². The van der Waals surface area contributed by atoms with Gasteiger partial charge in [-0.25, -0.2) is 4.98 Å². The summed E-state index contributed by atoms with van der Waals surface area (Å²) in [5, 5.41) is 4.94. The Balaban J connectivity index is 1.87. The number of aromatic nitrogens is 2. The first-order valence-corrected chi connectivity index (χ1v) is 6.89. The molecule has 0 atom stereocenters. The Morgan fingerprint density at radius 1 is 1.05 bits per heavy atom. The molecule has 2 aromatic carbocycles. The molecule has 1 N–H and O–H groups in total. The van der Waals surface area contributed by atoms with Crippen molar-refractivity contribution in [2.24, 2.45) is 5.10 Å². The van der Waals surface area contributed by atoms with Crippen molar-refractivity contribution in [1.29, 1.82) is 0 Å². The van der Waals surface area contributed by atoms with Crippen molar-refractivity contribution in [2.75, 3.05) is 5.43 Å². The van der Waals surface area contributed by atoms with E-state index in [2.05, 4.69) is 20.5 Å². The van der Waals surface area contributed by atoms with Gasteiger partial charge in [0.25, 0.3) is 0 Å². The van der Waals surface area contributed by atoms with Gasteiger partial charge >= 0.3 is 0 Å². The number of rotatable bonds is 3. The van der Waals surface area contributed by atoms with E-state index >= 15 is 0 Å². The van der Waals surface area contributed by atoms with E-state index in [1.54, 1.807) is 6.20 Å². The van der Waals surface area contributed by atoms with Crippen molar-refractivity contribution in [1.82, 2.24) is 9.97 Å². The Labute approximate surface area is 127 Å². The van der Waals surface area contributed by atoms with Crippen LogP contribution in [0.2, 0.25) is 5.02 Å². The van der Waals surface area contributed by atoms with Crippen LogP contribution in [-0.4, -0.2) is 15.7 Å². The summed E-state index contributed by atoms with van der Waals surface area (Å²) >= 11 is 6.07. The van der Waals surface area contributed by atoms with Gasteiger partial charge in [0.05, 0.1) is 33.7 Å². The summed E-state index contributed by atoms with van der Waals surface area (Å²) in [7, 11) is 0. The van der Waals surface area contributed by atoms with Gasteiger partial charge in [-0.05, 0) is 31.2 Å². The molecule has 104 valence electrons. The predicted octanol–water partition coefficient (Wildman–Crippen LogP) is 4.12. The second-order valence-corrected chi connectivity index (χ2v) is 4.94. The van der Waals surface area contributed by atoms with E-state index < -0.39 is 0 Å². The van der Waals surface area contributed by atoms with E-state index in [0.717, 1.165) is 28.1 Å². The van der Waals surface area contributed by atoms with Crippen LogP contribution in [0.25, 0.3) is 11.0 Å². The summed E-state index contributed by atoms with van der Waals surface area (Å²) in [6.45, 7) is 1.88. The molecule has 0 bridgehead atoms. The Hall–Kier alpha value is -2.46. The maximum absolute atomic E-state index is 6.07. The summed E-state index contributed by atoms with van der Waals surface area (Å²) in [6, 6.07) is 15.2. The molecule has 1 aromatic heterocycles. The molecular formula is C16H13ClN4. The second kappa shape index (κ2) is 5.89. The smallest absolute Gasteiger partial charge is 0.105 e. The average Bonchev–Trinajstić information content (AvgIpc) is 2.53. The Kier molecular flexibility index (Phi) is 3.79. The van der Waals surface area contributed by atoms with Gasteiger partial charge in [-0.15, -0.1) is 0 Å². The lowest BCUT2D eigenvalue weighted by Gasteiger charge is -2.05. The zero-order valence-electron chi connectivity index (χ0n) is 11.4. The Morgan fingerprint density at radius 2 is 1.76 bits per heavy atom.